The van der Waals surface area contributed by atoms with Gasteiger partial charge in [0.15, 0.2) is 0 Å². The Balaban J connectivity index is 1.41. The summed E-state index contributed by atoms with van der Waals surface area (Å²) in [6, 6.07) is 0. The summed E-state index contributed by atoms with van der Waals surface area (Å²) < 4.78 is 6.17. The molecular formula is C41H68N2O5. The van der Waals surface area contributed by atoms with Gasteiger partial charge in [0.05, 0.1) is 11.8 Å². The van der Waals surface area contributed by atoms with Crippen LogP contribution in [0.5, 0.6) is 0 Å². The van der Waals surface area contributed by atoms with Gasteiger partial charge in [0.25, 0.3) is 0 Å². The Morgan fingerprint density at radius 3 is 2.15 bits per heavy atom. The van der Waals surface area contributed by atoms with Crippen LogP contribution in [0.15, 0.2) is 12.2 Å². The second-order valence-electron chi connectivity index (χ2n) is 20.1. The minimum atomic E-state index is -1.14. The number of fused-ring (bicyclic) bond motifs is 7. The number of aliphatic carboxylic acids is 1. The van der Waals surface area contributed by atoms with Crippen LogP contribution in [-0.4, -0.2) is 41.1 Å². The van der Waals surface area contributed by atoms with E-state index in [1.165, 1.54) is 31.3 Å². The summed E-state index contributed by atoms with van der Waals surface area (Å²) in [6.07, 6.45) is 11.3. The lowest BCUT2D eigenvalue weighted by Gasteiger charge is -2.73. The zero-order valence-electron chi connectivity index (χ0n) is 32.0. The fourth-order valence-corrected chi connectivity index (χ4v) is 13.2. The minimum absolute atomic E-state index is 0.0198. The number of hydrogen-bond donors (Lipinski definition) is 3. The summed E-state index contributed by atoms with van der Waals surface area (Å²) in [6.45, 7) is 26.8. The van der Waals surface area contributed by atoms with Crippen LogP contribution in [0.25, 0.3) is 0 Å². The van der Waals surface area contributed by atoms with Gasteiger partial charge in [-0.25, -0.2) is 0 Å². The molecule has 272 valence electrons. The molecule has 10 atom stereocenters. The maximum atomic E-state index is 13.6. The van der Waals surface area contributed by atoms with Gasteiger partial charge in [-0.1, -0.05) is 46.8 Å². The first-order valence-electron chi connectivity index (χ1n) is 19.1. The topological polar surface area (TPSA) is 119 Å². The van der Waals surface area contributed by atoms with Crippen LogP contribution in [0, 0.1) is 62.1 Å². The molecule has 0 heterocycles. The molecule has 1 amide bonds. The highest BCUT2D eigenvalue weighted by atomic mass is 16.5. The molecule has 5 aliphatic rings. The standard InChI is InChI=1S/C41H68N2O5/c1-25(2)26-14-19-41(22-31(44)43-36(5,6)24-42)21-20-39(10)27(33(26)41)12-13-29-38(9)17-16-30(48-32(45)23-35(3,4)34(46)47)37(7,8)28(38)15-18-40(29,39)11/h26-30,33H,1,12-24,42H2,2-11H3,(H,43,44)(H,46,47). The molecule has 48 heavy (non-hydrogen) atoms. The molecule has 0 aromatic rings. The molecule has 5 saturated carbocycles. The average molecular weight is 669 g/mol. The molecule has 7 heteroatoms. The Hall–Kier alpha value is -1.89. The van der Waals surface area contributed by atoms with E-state index in [4.69, 9.17) is 10.5 Å². The molecule has 0 aromatic carbocycles. The van der Waals surface area contributed by atoms with Crippen LogP contribution < -0.4 is 11.1 Å². The van der Waals surface area contributed by atoms with E-state index in [-0.39, 0.29) is 45.5 Å². The summed E-state index contributed by atoms with van der Waals surface area (Å²) in [5, 5.41) is 12.9. The summed E-state index contributed by atoms with van der Waals surface area (Å²) >= 11 is 0. The number of nitrogens with two attached hydrogens (primary N) is 1. The zero-order chi connectivity index (χ0) is 35.9. The first kappa shape index (κ1) is 37.4. The van der Waals surface area contributed by atoms with Gasteiger partial charge in [-0.3, -0.25) is 14.4 Å². The van der Waals surface area contributed by atoms with Crippen LogP contribution in [0.2, 0.25) is 0 Å². The van der Waals surface area contributed by atoms with Crippen molar-refractivity contribution < 1.29 is 24.2 Å². The van der Waals surface area contributed by atoms with Crippen LogP contribution in [0.3, 0.4) is 0 Å². The Bertz CT molecular complexity index is 1320. The third-order valence-electron chi connectivity index (χ3n) is 16.1. The number of amides is 1. The van der Waals surface area contributed by atoms with Crippen molar-refractivity contribution in [3.63, 3.8) is 0 Å². The van der Waals surface area contributed by atoms with E-state index >= 15 is 0 Å². The van der Waals surface area contributed by atoms with E-state index in [9.17, 15) is 19.5 Å². The van der Waals surface area contributed by atoms with Gasteiger partial charge in [-0.05, 0) is 150 Å². The van der Waals surface area contributed by atoms with Crippen LogP contribution in [0.4, 0.5) is 0 Å². The number of ether oxygens (including phenoxy) is 1. The second-order valence-corrected chi connectivity index (χ2v) is 20.1. The lowest BCUT2D eigenvalue weighted by Crippen LogP contribution is -2.67. The predicted molar refractivity (Wildman–Crippen MR) is 191 cm³/mol. The number of esters is 1. The number of rotatable bonds is 9. The van der Waals surface area contributed by atoms with Gasteiger partial charge in [0, 0.05) is 23.9 Å². The SMILES string of the molecule is C=C(C)C1CCC2(CC(=O)NC(C)(C)CN)CCC3(C)C(CCC4C5(C)CCC(OC(=O)CC(C)(C)C(=O)O)C(C)(C)C5CCC43C)C12. The summed E-state index contributed by atoms with van der Waals surface area (Å²) in [4.78, 5) is 38.4. The molecule has 7 nitrogen and oxygen atoms in total. The number of allylic oxidation sites excluding steroid dienone is 1. The third-order valence-corrected chi connectivity index (χ3v) is 16.1. The molecule has 0 spiro atoms. The number of carboxylic acids is 1. The summed E-state index contributed by atoms with van der Waals surface area (Å²) in [5.41, 5.74) is 6.07. The quantitative estimate of drug-likeness (QED) is 0.168. The van der Waals surface area contributed by atoms with Gasteiger partial charge >= 0.3 is 11.9 Å². The highest BCUT2D eigenvalue weighted by Crippen LogP contribution is 2.78. The molecule has 5 aliphatic carbocycles. The van der Waals surface area contributed by atoms with E-state index in [1.54, 1.807) is 13.8 Å². The largest absolute Gasteiger partial charge is 0.481 e. The third kappa shape index (κ3) is 5.78. The van der Waals surface area contributed by atoms with Crippen molar-refractivity contribution in [1.82, 2.24) is 5.32 Å². The van der Waals surface area contributed by atoms with Gasteiger partial charge in [0.2, 0.25) is 5.91 Å². The number of carboxylic acid groups (broad SMARTS) is 1. The molecule has 0 radical (unpaired) electrons. The number of carbonyl (C=O) groups excluding carboxylic acids is 2. The van der Waals surface area contributed by atoms with E-state index in [0.717, 1.165) is 38.5 Å². The second kappa shape index (κ2) is 12.1. The molecule has 5 rings (SSSR count). The maximum absolute atomic E-state index is 13.6. The Kier molecular flexibility index (Phi) is 9.43. The van der Waals surface area contributed by atoms with Crippen LogP contribution >= 0.6 is 0 Å². The average Bonchev–Trinajstić information content (AvgIpc) is 3.33. The van der Waals surface area contributed by atoms with Crippen molar-refractivity contribution in [2.24, 2.45) is 67.8 Å². The Morgan fingerprint density at radius 1 is 0.875 bits per heavy atom. The number of hydrogen-bond acceptors (Lipinski definition) is 5. The van der Waals surface area contributed by atoms with E-state index in [2.05, 4.69) is 53.4 Å². The number of nitrogens with one attached hydrogen (secondary N) is 1. The maximum Gasteiger partial charge on any atom is 0.309 e. The predicted octanol–water partition coefficient (Wildman–Crippen LogP) is 8.30. The van der Waals surface area contributed by atoms with Crippen LogP contribution in [-0.2, 0) is 19.1 Å². The van der Waals surface area contributed by atoms with Gasteiger partial charge in [0.1, 0.15) is 6.10 Å². The molecule has 0 saturated heterocycles. The molecule has 4 N–H and O–H groups in total. The fraction of sp³-hybridized carbons (Fsp3) is 0.878. The Morgan fingerprint density at radius 2 is 1.54 bits per heavy atom. The van der Waals surface area contributed by atoms with Crippen molar-refractivity contribution in [2.75, 3.05) is 6.54 Å². The first-order chi connectivity index (χ1) is 22.0. The summed E-state index contributed by atoms with van der Waals surface area (Å²) in [7, 11) is 0. The van der Waals surface area contributed by atoms with Crippen molar-refractivity contribution >= 4 is 17.8 Å². The van der Waals surface area contributed by atoms with Crippen LogP contribution in [0.1, 0.15) is 146 Å². The minimum Gasteiger partial charge on any atom is -0.481 e. The lowest BCUT2D eigenvalue weighted by molar-refractivity contribution is -0.250. The van der Waals surface area contributed by atoms with Gasteiger partial charge in [-0.2, -0.15) is 0 Å². The van der Waals surface area contributed by atoms with Crippen molar-refractivity contribution in [1.29, 1.82) is 0 Å². The van der Waals surface area contributed by atoms with Crippen molar-refractivity contribution in [3.05, 3.63) is 12.2 Å². The zero-order valence-corrected chi connectivity index (χ0v) is 32.0. The van der Waals surface area contributed by atoms with Crippen molar-refractivity contribution in [3.8, 4) is 0 Å². The normalized spacial score (nSPS) is 42.0. The smallest absolute Gasteiger partial charge is 0.309 e. The Labute approximate surface area is 291 Å². The highest BCUT2D eigenvalue weighted by molar-refractivity contribution is 5.81. The number of carbonyl (C=O) groups is 3. The van der Waals surface area contributed by atoms with Gasteiger partial charge in [-0.15, -0.1) is 0 Å². The molecule has 5 fully saturated rings. The molecular weight excluding hydrogens is 600 g/mol. The first-order valence-corrected chi connectivity index (χ1v) is 19.1. The van der Waals surface area contributed by atoms with Crippen molar-refractivity contribution in [2.45, 2.75) is 158 Å². The monoisotopic (exact) mass is 669 g/mol. The van der Waals surface area contributed by atoms with E-state index < -0.39 is 22.9 Å². The van der Waals surface area contributed by atoms with E-state index in [0.29, 0.717) is 42.6 Å². The summed E-state index contributed by atoms with van der Waals surface area (Å²) in [5.74, 6) is 1.30. The van der Waals surface area contributed by atoms with Gasteiger partial charge < -0.3 is 20.9 Å². The molecule has 0 bridgehead atoms. The highest BCUT2D eigenvalue weighted by Gasteiger charge is 2.71. The fourth-order valence-electron chi connectivity index (χ4n) is 13.2. The lowest BCUT2D eigenvalue weighted by atomic mass is 9.32. The molecule has 10 unspecified atom stereocenters. The molecule has 0 aromatic heterocycles. The van der Waals surface area contributed by atoms with E-state index in [1.807, 2.05) is 13.8 Å². The molecule has 0 aliphatic heterocycles.